The monoisotopic (exact) mass is 254 g/mol. The van der Waals surface area contributed by atoms with Gasteiger partial charge < -0.3 is 5.32 Å². The van der Waals surface area contributed by atoms with Crippen molar-refractivity contribution >= 4 is 0 Å². The Morgan fingerprint density at radius 3 is 2.39 bits per heavy atom. The maximum atomic E-state index is 3.61. The van der Waals surface area contributed by atoms with Gasteiger partial charge in [0.05, 0.1) is 0 Å². The largest absolute Gasteiger partial charge is 0.315 e. The van der Waals surface area contributed by atoms with Gasteiger partial charge >= 0.3 is 0 Å². The first-order valence-corrected chi connectivity index (χ1v) is 7.75. The van der Waals surface area contributed by atoms with Crippen LogP contribution in [0.15, 0.2) is 0 Å². The van der Waals surface area contributed by atoms with E-state index in [4.69, 9.17) is 0 Å². The summed E-state index contributed by atoms with van der Waals surface area (Å²) in [5.41, 5.74) is 0.472. The van der Waals surface area contributed by atoms with Gasteiger partial charge in [-0.25, -0.2) is 0 Å². The quantitative estimate of drug-likeness (QED) is 0.731. The summed E-state index contributed by atoms with van der Waals surface area (Å²) in [4.78, 5) is 2.66. The Bertz CT molecular complexity index is 230. The van der Waals surface area contributed by atoms with E-state index >= 15 is 0 Å². The van der Waals surface area contributed by atoms with Crippen molar-refractivity contribution in [1.29, 1.82) is 0 Å². The van der Waals surface area contributed by atoms with E-state index in [-0.39, 0.29) is 0 Å². The van der Waals surface area contributed by atoms with Gasteiger partial charge in [0.15, 0.2) is 0 Å². The van der Waals surface area contributed by atoms with Crippen LogP contribution in [0.5, 0.6) is 0 Å². The highest BCUT2D eigenvalue weighted by atomic mass is 15.2. The molecule has 0 radical (unpaired) electrons. The zero-order chi connectivity index (χ0) is 13.8. The fraction of sp³-hybridized carbons (Fsp3) is 1.00. The zero-order valence-corrected chi connectivity index (χ0v) is 13.4. The molecule has 2 unspecified atom stereocenters. The van der Waals surface area contributed by atoms with Crippen LogP contribution >= 0.6 is 0 Å². The lowest BCUT2D eigenvalue weighted by Gasteiger charge is -2.29. The van der Waals surface area contributed by atoms with Gasteiger partial charge in [-0.05, 0) is 50.1 Å². The van der Waals surface area contributed by atoms with Crippen molar-refractivity contribution in [3.8, 4) is 0 Å². The van der Waals surface area contributed by atoms with Crippen molar-refractivity contribution in [3.05, 3.63) is 0 Å². The molecule has 2 atom stereocenters. The summed E-state index contributed by atoms with van der Waals surface area (Å²) in [6.07, 6.45) is 2.66. The Labute approximate surface area is 115 Å². The number of rotatable bonds is 6. The summed E-state index contributed by atoms with van der Waals surface area (Å²) in [5.74, 6) is 1.68. The highest BCUT2D eigenvalue weighted by Crippen LogP contribution is 2.34. The van der Waals surface area contributed by atoms with Crippen LogP contribution in [0.3, 0.4) is 0 Å². The molecule has 0 amide bonds. The summed E-state index contributed by atoms with van der Waals surface area (Å²) in [5, 5.41) is 3.61. The molecule has 1 saturated heterocycles. The van der Waals surface area contributed by atoms with E-state index < -0.39 is 0 Å². The van der Waals surface area contributed by atoms with Crippen molar-refractivity contribution in [1.82, 2.24) is 10.2 Å². The maximum Gasteiger partial charge on any atom is 0.0192 e. The Kier molecular flexibility index (Phi) is 6.13. The SMILES string of the molecule is CC(C)CCNCC(C)N1CCC(C(C)(C)C)C1. The molecule has 1 heterocycles. The first-order valence-electron chi connectivity index (χ1n) is 7.75. The molecule has 1 N–H and O–H groups in total. The summed E-state index contributed by atoms with van der Waals surface area (Å²) in [6.45, 7) is 19.0. The molecule has 0 aromatic heterocycles. The van der Waals surface area contributed by atoms with Crippen molar-refractivity contribution in [2.45, 2.75) is 60.4 Å². The van der Waals surface area contributed by atoms with Crippen molar-refractivity contribution < 1.29 is 0 Å². The minimum absolute atomic E-state index is 0.472. The normalized spacial score (nSPS) is 23.8. The molecular formula is C16H34N2. The molecule has 0 aromatic rings. The van der Waals surface area contributed by atoms with Gasteiger partial charge in [-0.3, -0.25) is 4.90 Å². The van der Waals surface area contributed by atoms with Crippen LogP contribution in [0.25, 0.3) is 0 Å². The molecule has 0 aliphatic carbocycles. The highest BCUT2D eigenvalue weighted by molar-refractivity contribution is 4.86. The molecule has 2 nitrogen and oxygen atoms in total. The minimum atomic E-state index is 0.472. The molecule has 1 rings (SSSR count). The maximum absolute atomic E-state index is 3.61. The molecule has 2 heteroatoms. The van der Waals surface area contributed by atoms with E-state index in [1.807, 2.05) is 0 Å². The smallest absolute Gasteiger partial charge is 0.0192 e. The third kappa shape index (κ3) is 5.27. The Hall–Kier alpha value is -0.0800. The fourth-order valence-electron chi connectivity index (χ4n) is 2.73. The molecule has 0 spiro atoms. The van der Waals surface area contributed by atoms with Gasteiger partial charge in [-0.2, -0.15) is 0 Å². The second-order valence-corrected chi connectivity index (χ2v) is 7.58. The first kappa shape index (κ1) is 16.0. The van der Waals surface area contributed by atoms with E-state index in [0.29, 0.717) is 11.5 Å². The lowest BCUT2D eigenvalue weighted by molar-refractivity contribution is 0.199. The third-order valence-electron chi connectivity index (χ3n) is 4.41. The molecule has 1 aliphatic rings. The molecular weight excluding hydrogens is 220 g/mol. The molecule has 108 valence electrons. The van der Waals surface area contributed by atoms with Crippen molar-refractivity contribution in [3.63, 3.8) is 0 Å². The number of likely N-dealkylation sites (tertiary alicyclic amines) is 1. The van der Waals surface area contributed by atoms with E-state index in [9.17, 15) is 0 Å². The average Bonchev–Trinajstić information content (AvgIpc) is 2.72. The zero-order valence-electron chi connectivity index (χ0n) is 13.4. The summed E-state index contributed by atoms with van der Waals surface area (Å²) < 4.78 is 0. The number of hydrogen-bond acceptors (Lipinski definition) is 2. The van der Waals surface area contributed by atoms with Gasteiger partial charge in [-0.15, -0.1) is 0 Å². The lowest BCUT2D eigenvalue weighted by atomic mass is 9.80. The van der Waals surface area contributed by atoms with Crippen molar-refractivity contribution in [2.75, 3.05) is 26.2 Å². The van der Waals surface area contributed by atoms with Crippen LogP contribution in [0.4, 0.5) is 0 Å². The Morgan fingerprint density at radius 2 is 1.89 bits per heavy atom. The molecule has 1 fully saturated rings. The average molecular weight is 254 g/mol. The molecule has 0 saturated carbocycles. The third-order valence-corrected chi connectivity index (χ3v) is 4.41. The van der Waals surface area contributed by atoms with E-state index in [2.05, 4.69) is 51.8 Å². The summed E-state index contributed by atoms with van der Waals surface area (Å²) in [7, 11) is 0. The number of hydrogen-bond donors (Lipinski definition) is 1. The van der Waals surface area contributed by atoms with E-state index in [1.165, 1.54) is 32.5 Å². The van der Waals surface area contributed by atoms with Gasteiger partial charge in [0, 0.05) is 19.1 Å². The fourth-order valence-corrected chi connectivity index (χ4v) is 2.73. The van der Waals surface area contributed by atoms with Crippen LogP contribution in [0.2, 0.25) is 0 Å². The molecule has 0 bridgehead atoms. The van der Waals surface area contributed by atoms with Crippen LogP contribution in [0.1, 0.15) is 54.4 Å². The summed E-state index contributed by atoms with van der Waals surface area (Å²) in [6, 6.07) is 0.685. The standard InChI is InChI=1S/C16H34N2/c1-13(2)7-9-17-11-14(3)18-10-8-15(12-18)16(4,5)6/h13-15,17H,7-12H2,1-6H3. The van der Waals surface area contributed by atoms with Gasteiger partial charge in [-0.1, -0.05) is 34.6 Å². The second-order valence-electron chi connectivity index (χ2n) is 7.58. The van der Waals surface area contributed by atoms with Crippen LogP contribution < -0.4 is 5.32 Å². The van der Waals surface area contributed by atoms with Crippen LogP contribution in [-0.2, 0) is 0 Å². The minimum Gasteiger partial charge on any atom is -0.315 e. The predicted octanol–water partition coefficient (Wildman–Crippen LogP) is 3.38. The van der Waals surface area contributed by atoms with Gasteiger partial charge in [0.25, 0.3) is 0 Å². The highest BCUT2D eigenvalue weighted by Gasteiger charge is 2.33. The molecule has 0 aromatic carbocycles. The van der Waals surface area contributed by atoms with E-state index in [0.717, 1.165) is 18.4 Å². The molecule has 1 aliphatic heterocycles. The summed E-state index contributed by atoms with van der Waals surface area (Å²) >= 11 is 0. The molecule has 18 heavy (non-hydrogen) atoms. The Morgan fingerprint density at radius 1 is 1.22 bits per heavy atom. The lowest BCUT2D eigenvalue weighted by Crippen LogP contribution is -2.40. The Balaban J connectivity index is 2.21. The van der Waals surface area contributed by atoms with Crippen LogP contribution in [0, 0.1) is 17.3 Å². The number of nitrogens with zero attached hydrogens (tertiary/aromatic N) is 1. The van der Waals surface area contributed by atoms with Crippen LogP contribution in [-0.4, -0.2) is 37.1 Å². The van der Waals surface area contributed by atoms with Gasteiger partial charge in [0.2, 0.25) is 0 Å². The number of nitrogens with one attached hydrogen (secondary N) is 1. The van der Waals surface area contributed by atoms with E-state index in [1.54, 1.807) is 0 Å². The van der Waals surface area contributed by atoms with Crippen molar-refractivity contribution in [2.24, 2.45) is 17.3 Å². The predicted molar refractivity (Wildman–Crippen MR) is 80.9 cm³/mol. The topological polar surface area (TPSA) is 15.3 Å². The first-order chi connectivity index (χ1) is 8.30. The second kappa shape index (κ2) is 6.91. The van der Waals surface area contributed by atoms with Gasteiger partial charge in [0.1, 0.15) is 0 Å².